The van der Waals surface area contributed by atoms with Crippen molar-refractivity contribution in [3.8, 4) is 11.5 Å². The first-order valence-electron chi connectivity index (χ1n) is 14.8. The number of carbonyl (C=O) groups excluding carboxylic acids is 1. The van der Waals surface area contributed by atoms with E-state index in [0.29, 0.717) is 16.1 Å². The zero-order valence-electron chi connectivity index (χ0n) is 25.0. The largest absolute Gasteiger partial charge is 0.747 e. The van der Waals surface area contributed by atoms with E-state index in [9.17, 15) is 39.8 Å². The summed E-state index contributed by atoms with van der Waals surface area (Å²) in [6.45, 7) is -1.49. The minimum atomic E-state index is -3.16. The van der Waals surface area contributed by atoms with E-state index in [2.05, 4.69) is 5.32 Å². The number of halogens is 1. The quantitative estimate of drug-likeness (QED) is 0.104. The number of hydrogen-bond acceptors (Lipinski definition) is 14. The van der Waals surface area contributed by atoms with Crippen LogP contribution in [0.15, 0.2) is 48.5 Å². The van der Waals surface area contributed by atoms with Crippen LogP contribution in [0.1, 0.15) is 24.0 Å². The molecule has 3 fully saturated rings. The Morgan fingerprint density at radius 1 is 1.06 bits per heavy atom. The molecule has 2 aliphatic heterocycles. The van der Waals surface area contributed by atoms with Crippen LogP contribution in [0.4, 0.5) is 0 Å². The molecule has 5 rings (SSSR count). The fourth-order valence-electron chi connectivity index (χ4n) is 5.62. The molecule has 0 aromatic heterocycles. The molecular weight excluding hydrogens is 679 g/mol. The number of aliphatic hydroxyl groups excluding tert-OH is 5. The highest BCUT2D eigenvalue weighted by molar-refractivity contribution is 7.32. The molecule has 1 saturated carbocycles. The Morgan fingerprint density at radius 3 is 2.58 bits per heavy atom. The molecular formula is C30H35ClN2O14P+. The number of benzene rings is 2. The first-order chi connectivity index (χ1) is 22.9. The molecule has 1 aliphatic carbocycles. The normalized spacial score (nSPS) is 32.4. The second-order valence-corrected chi connectivity index (χ2v) is 12.3. The van der Waals surface area contributed by atoms with Gasteiger partial charge in [-0.3, -0.25) is 4.79 Å². The van der Waals surface area contributed by atoms with Gasteiger partial charge in [-0.1, -0.05) is 42.0 Å². The number of ether oxygens (including phenoxy) is 5. The monoisotopic (exact) mass is 713 g/mol. The van der Waals surface area contributed by atoms with Gasteiger partial charge in [0.2, 0.25) is 17.9 Å². The van der Waals surface area contributed by atoms with E-state index < -0.39 is 81.8 Å². The van der Waals surface area contributed by atoms with Crippen molar-refractivity contribution in [2.75, 3.05) is 0 Å². The summed E-state index contributed by atoms with van der Waals surface area (Å²) in [7, 11) is -3.16. The summed E-state index contributed by atoms with van der Waals surface area (Å²) in [5, 5.41) is 62.5. The number of carbonyl (C=O) groups is 1. The van der Waals surface area contributed by atoms with E-state index >= 15 is 0 Å². The van der Waals surface area contributed by atoms with Gasteiger partial charge in [0.05, 0.1) is 24.9 Å². The van der Waals surface area contributed by atoms with Gasteiger partial charge in [0.25, 0.3) is 6.48 Å². The van der Waals surface area contributed by atoms with Crippen molar-refractivity contribution >= 4 is 38.1 Å². The SMILES string of the molecule is N=CC(OCc1cccc(Cl)c1)C1OC(Oc2ccc(/C=C/CC(=O)NC3C(O)CC4OC(O)OC4C3O)cc2O[P+](=O)O)C(O)C1O. The standard InChI is InChI=1S/C30H34ClN2O14P/c31-16-5-1-4-15(9-16)13-42-21(12-32)28-25(37)26(38)29(45-28)43-18-8-7-14(10-19(18)47-48(40)41)3-2-6-22(35)33-23-17(34)11-20-27(24(23)36)46-30(39)44-20/h1-5,7-10,12,17,20-21,23-30,32,34,36-39H,6,11,13H2,(H-,33,35,40,41)/p+1/b3-2+,32-12?. The molecule has 3 aliphatic rings. The molecule has 2 saturated heterocycles. The number of hydrogen-bond donors (Lipinski definition) is 8. The van der Waals surface area contributed by atoms with E-state index in [0.717, 1.165) is 6.21 Å². The van der Waals surface area contributed by atoms with Gasteiger partial charge in [-0.05, 0) is 35.4 Å². The van der Waals surface area contributed by atoms with Gasteiger partial charge in [0.1, 0.15) is 36.6 Å². The molecule has 0 bridgehead atoms. The maximum atomic E-state index is 12.6. The summed E-state index contributed by atoms with van der Waals surface area (Å²) >= 11 is 6.00. The Balaban J connectivity index is 1.19. The Labute approximate surface area is 279 Å². The van der Waals surface area contributed by atoms with Gasteiger partial charge in [0.15, 0.2) is 5.75 Å². The fraction of sp³-hybridized carbons (Fsp3) is 0.467. The maximum absolute atomic E-state index is 12.6. The average Bonchev–Trinajstić information content (AvgIpc) is 3.54. The third kappa shape index (κ3) is 8.73. The van der Waals surface area contributed by atoms with Crippen LogP contribution in [0, 0.1) is 5.41 Å². The molecule has 2 aromatic carbocycles. The first-order valence-corrected chi connectivity index (χ1v) is 16.3. The van der Waals surface area contributed by atoms with Crippen LogP contribution >= 0.6 is 19.9 Å². The molecule has 2 aromatic rings. The smallest absolute Gasteiger partial charge is 0.458 e. The van der Waals surface area contributed by atoms with Crippen LogP contribution in [-0.4, -0.2) is 110 Å². The van der Waals surface area contributed by atoms with Gasteiger partial charge in [-0.2, -0.15) is 0 Å². The van der Waals surface area contributed by atoms with Crippen molar-refractivity contribution in [3.63, 3.8) is 0 Å². The molecule has 2 heterocycles. The summed E-state index contributed by atoms with van der Waals surface area (Å²) in [4.78, 5) is 22.0. The number of amides is 1. The minimum absolute atomic E-state index is 0.0352. The average molecular weight is 714 g/mol. The van der Waals surface area contributed by atoms with E-state index in [1.54, 1.807) is 24.3 Å². The number of fused-ring (bicyclic) bond motifs is 1. The molecule has 16 nitrogen and oxygen atoms in total. The predicted molar refractivity (Wildman–Crippen MR) is 165 cm³/mol. The Bertz CT molecular complexity index is 1500. The lowest BCUT2D eigenvalue weighted by molar-refractivity contribution is -0.214. The zero-order valence-corrected chi connectivity index (χ0v) is 26.7. The predicted octanol–water partition coefficient (Wildman–Crippen LogP) is 0.502. The Morgan fingerprint density at radius 2 is 1.85 bits per heavy atom. The lowest BCUT2D eigenvalue weighted by atomic mass is 9.85. The van der Waals surface area contributed by atoms with E-state index in [-0.39, 0.29) is 30.9 Å². The van der Waals surface area contributed by atoms with Crippen LogP contribution in [0.3, 0.4) is 0 Å². The van der Waals surface area contributed by atoms with Crippen molar-refractivity contribution < 1.29 is 68.0 Å². The topological polar surface area (TPSA) is 247 Å². The summed E-state index contributed by atoms with van der Waals surface area (Å²) in [5.41, 5.74) is 1.12. The third-order valence-electron chi connectivity index (χ3n) is 7.93. The lowest BCUT2D eigenvalue weighted by Crippen LogP contribution is -2.61. The van der Waals surface area contributed by atoms with Crippen molar-refractivity contribution in [3.05, 3.63) is 64.7 Å². The highest BCUT2D eigenvalue weighted by atomic mass is 35.5. The second kappa shape index (κ2) is 16.1. The van der Waals surface area contributed by atoms with Crippen molar-refractivity contribution in [1.82, 2.24) is 5.32 Å². The van der Waals surface area contributed by atoms with Crippen LogP contribution in [-0.2, 0) is 34.9 Å². The Hall–Kier alpha value is -3.09. The lowest BCUT2D eigenvalue weighted by Gasteiger charge is -2.38. The summed E-state index contributed by atoms with van der Waals surface area (Å²) in [6, 6.07) is 10.00. The van der Waals surface area contributed by atoms with Crippen LogP contribution < -0.4 is 14.6 Å². The molecule has 0 radical (unpaired) electrons. The molecule has 12 unspecified atom stereocenters. The van der Waals surface area contributed by atoms with Gasteiger partial charge in [0, 0.05) is 28.6 Å². The van der Waals surface area contributed by atoms with Gasteiger partial charge in [-0.15, -0.1) is 4.89 Å². The highest BCUT2D eigenvalue weighted by Gasteiger charge is 2.51. The third-order valence-corrected chi connectivity index (χ3v) is 8.52. The van der Waals surface area contributed by atoms with Crippen molar-refractivity contribution in [2.45, 2.75) is 87.1 Å². The number of rotatable bonds is 13. The molecule has 8 N–H and O–H groups in total. The van der Waals surface area contributed by atoms with Crippen molar-refractivity contribution in [2.24, 2.45) is 0 Å². The maximum Gasteiger partial charge on any atom is 0.747 e. The van der Waals surface area contributed by atoms with Crippen LogP contribution in [0.2, 0.25) is 5.02 Å². The first kappa shape index (κ1) is 36.2. The fourth-order valence-corrected chi connectivity index (χ4v) is 6.14. The van der Waals surface area contributed by atoms with Crippen molar-refractivity contribution in [1.29, 1.82) is 5.41 Å². The van der Waals surface area contributed by atoms with E-state index in [1.807, 2.05) is 0 Å². The molecule has 18 heteroatoms. The van der Waals surface area contributed by atoms with Crippen LogP contribution in [0.5, 0.6) is 11.5 Å². The molecule has 1 amide bonds. The van der Waals surface area contributed by atoms with E-state index in [4.69, 9.17) is 45.2 Å². The number of nitrogens with one attached hydrogen (secondary N) is 2. The molecule has 260 valence electrons. The summed E-state index contributed by atoms with van der Waals surface area (Å²) < 4.78 is 43.9. The zero-order chi connectivity index (χ0) is 34.5. The van der Waals surface area contributed by atoms with E-state index in [1.165, 1.54) is 30.4 Å². The van der Waals surface area contributed by atoms with Gasteiger partial charge >= 0.3 is 8.25 Å². The summed E-state index contributed by atoms with van der Waals surface area (Å²) in [6.07, 6.45) is -7.23. The van der Waals surface area contributed by atoms with Gasteiger partial charge in [-0.25, -0.2) is 4.52 Å². The Kier molecular flexibility index (Phi) is 12.1. The van der Waals surface area contributed by atoms with Gasteiger partial charge < -0.3 is 59.9 Å². The number of aliphatic hydroxyl groups is 5. The molecule has 0 spiro atoms. The molecule has 12 atom stereocenters. The second-order valence-electron chi connectivity index (χ2n) is 11.3. The minimum Gasteiger partial charge on any atom is -0.458 e. The summed E-state index contributed by atoms with van der Waals surface area (Å²) in [5.74, 6) is -0.877. The van der Waals surface area contributed by atoms with Crippen LogP contribution in [0.25, 0.3) is 6.08 Å². The molecule has 48 heavy (non-hydrogen) atoms. The highest BCUT2D eigenvalue weighted by Crippen LogP contribution is 2.37.